The Labute approximate surface area is 78.4 Å². The molecular formula is C9H16N4. The maximum atomic E-state index is 5.66. The summed E-state index contributed by atoms with van der Waals surface area (Å²) in [5.41, 5.74) is 6.64. The van der Waals surface area contributed by atoms with Crippen molar-refractivity contribution in [1.82, 2.24) is 15.1 Å². The second-order valence-electron chi connectivity index (χ2n) is 2.94. The van der Waals surface area contributed by atoms with Gasteiger partial charge in [-0.1, -0.05) is 12.2 Å². The lowest BCUT2D eigenvalue weighted by atomic mass is 10.2. The Morgan fingerprint density at radius 2 is 2.46 bits per heavy atom. The van der Waals surface area contributed by atoms with Crippen molar-refractivity contribution >= 4 is 11.9 Å². The van der Waals surface area contributed by atoms with Crippen LogP contribution in [0.15, 0.2) is 12.3 Å². The molecule has 4 nitrogen and oxygen atoms in total. The number of rotatable bonds is 4. The van der Waals surface area contributed by atoms with Crippen molar-refractivity contribution in [2.75, 3.05) is 19.3 Å². The zero-order valence-electron chi connectivity index (χ0n) is 8.12. The number of aryl methyl sites for hydroxylation is 1. The lowest BCUT2D eigenvalue weighted by Gasteiger charge is -1.91. The Bertz CT molecular complexity index is 288. The second kappa shape index (κ2) is 4.67. The Hall–Kier alpha value is -1.29. The molecule has 3 N–H and O–H groups in total. The van der Waals surface area contributed by atoms with Crippen molar-refractivity contribution < 1.29 is 0 Å². The highest BCUT2D eigenvalue weighted by molar-refractivity contribution is 5.59. The SMILES string of the molecule is CNCCC=Cc1cn(C)nc1N. The van der Waals surface area contributed by atoms with Gasteiger partial charge >= 0.3 is 0 Å². The molecule has 1 aromatic heterocycles. The van der Waals surface area contributed by atoms with Gasteiger partial charge in [-0.25, -0.2) is 0 Å². The highest BCUT2D eigenvalue weighted by Crippen LogP contribution is 2.09. The highest BCUT2D eigenvalue weighted by Gasteiger charge is 1.97. The van der Waals surface area contributed by atoms with Gasteiger partial charge in [-0.3, -0.25) is 4.68 Å². The first-order valence-corrected chi connectivity index (χ1v) is 4.34. The largest absolute Gasteiger partial charge is 0.382 e. The van der Waals surface area contributed by atoms with Gasteiger partial charge in [0.15, 0.2) is 5.82 Å². The average molecular weight is 180 g/mol. The fourth-order valence-electron chi connectivity index (χ4n) is 1.09. The molecule has 0 aliphatic rings. The van der Waals surface area contributed by atoms with Crippen LogP contribution in [-0.2, 0) is 7.05 Å². The van der Waals surface area contributed by atoms with Gasteiger partial charge in [-0.2, -0.15) is 5.10 Å². The van der Waals surface area contributed by atoms with Gasteiger partial charge in [-0.15, -0.1) is 0 Å². The predicted octanol–water partition coefficient (Wildman–Crippen LogP) is 0.625. The molecule has 0 aliphatic heterocycles. The van der Waals surface area contributed by atoms with Crippen LogP contribution in [0.1, 0.15) is 12.0 Å². The number of nitrogens with zero attached hydrogens (tertiary/aromatic N) is 2. The summed E-state index contributed by atoms with van der Waals surface area (Å²) in [6.45, 7) is 0.983. The maximum absolute atomic E-state index is 5.66. The molecule has 13 heavy (non-hydrogen) atoms. The quantitative estimate of drug-likeness (QED) is 0.668. The number of hydrogen-bond donors (Lipinski definition) is 2. The van der Waals surface area contributed by atoms with E-state index in [1.165, 1.54) is 0 Å². The van der Waals surface area contributed by atoms with E-state index >= 15 is 0 Å². The molecular weight excluding hydrogens is 164 g/mol. The van der Waals surface area contributed by atoms with E-state index in [4.69, 9.17) is 5.73 Å². The van der Waals surface area contributed by atoms with Crippen LogP contribution >= 0.6 is 0 Å². The van der Waals surface area contributed by atoms with Crippen LogP contribution in [0.3, 0.4) is 0 Å². The summed E-state index contributed by atoms with van der Waals surface area (Å²) in [6.07, 6.45) is 7.00. The van der Waals surface area contributed by atoms with Crippen LogP contribution in [-0.4, -0.2) is 23.4 Å². The molecule has 1 rings (SSSR count). The summed E-state index contributed by atoms with van der Waals surface area (Å²) < 4.78 is 1.72. The fourth-order valence-corrected chi connectivity index (χ4v) is 1.09. The van der Waals surface area contributed by atoms with Gasteiger partial charge < -0.3 is 11.1 Å². The third-order valence-corrected chi connectivity index (χ3v) is 1.75. The van der Waals surface area contributed by atoms with Crippen LogP contribution in [0, 0.1) is 0 Å². The van der Waals surface area contributed by atoms with E-state index in [0.29, 0.717) is 5.82 Å². The first kappa shape index (κ1) is 9.80. The Morgan fingerprint density at radius 1 is 1.69 bits per heavy atom. The molecule has 72 valence electrons. The standard InChI is InChI=1S/C9H16N4/c1-11-6-4-3-5-8-7-13(2)12-9(8)10/h3,5,7,11H,4,6H2,1-2H3,(H2,10,12). The Morgan fingerprint density at radius 3 is 3.00 bits per heavy atom. The van der Waals surface area contributed by atoms with Gasteiger partial charge in [0, 0.05) is 18.8 Å². The fraction of sp³-hybridized carbons (Fsp3) is 0.444. The van der Waals surface area contributed by atoms with Crippen LogP contribution in [0.4, 0.5) is 5.82 Å². The van der Waals surface area contributed by atoms with E-state index in [1.54, 1.807) is 4.68 Å². The minimum absolute atomic E-state index is 0.586. The first-order chi connectivity index (χ1) is 6.24. The van der Waals surface area contributed by atoms with Crippen LogP contribution in [0.5, 0.6) is 0 Å². The maximum Gasteiger partial charge on any atom is 0.152 e. The molecule has 0 saturated heterocycles. The van der Waals surface area contributed by atoms with Crippen LogP contribution in [0.25, 0.3) is 6.08 Å². The van der Waals surface area contributed by atoms with Gasteiger partial charge in [0.05, 0.1) is 0 Å². The van der Waals surface area contributed by atoms with Crippen molar-refractivity contribution in [1.29, 1.82) is 0 Å². The molecule has 0 aromatic carbocycles. The monoisotopic (exact) mass is 180 g/mol. The second-order valence-corrected chi connectivity index (χ2v) is 2.94. The lowest BCUT2D eigenvalue weighted by molar-refractivity contribution is 0.772. The van der Waals surface area contributed by atoms with E-state index in [-0.39, 0.29) is 0 Å². The van der Waals surface area contributed by atoms with Crippen molar-refractivity contribution in [3.63, 3.8) is 0 Å². The number of hydrogen-bond acceptors (Lipinski definition) is 3. The van der Waals surface area contributed by atoms with Gasteiger partial charge in [0.2, 0.25) is 0 Å². The van der Waals surface area contributed by atoms with Crippen LogP contribution < -0.4 is 11.1 Å². The first-order valence-electron chi connectivity index (χ1n) is 4.34. The van der Waals surface area contributed by atoms with Gasteiger partial charge in [-0.05, 0) is 20.0 Å². The molecule has 0 fully saturated rings. The number of nitrogens with two attached hydrogens (primary N) is 1. The van der Waals surface area contributed by atoms with Crippen molar-refractivity contribution in [2.24, 2.45) is 7.05 Å². The van der Waals surface area contributed by atoms with E-state index < -0.39 is 0 Å². The van der Waals surface area contributed by atoms with E-state index in [0.717, 1.165) is 18.5 Å². The molecule has 4 heteroatoms. The van der Waals surface area contributed by atoms with E-state index in [1.807, 2.05) is 26.4 Å². The van der Waals surface area contributed by atoms with Crippen LogP contribution in [0.2, 0.25) is 0 Å². The van der Waals surface area contributed by atoms with Gasteiger partial charge in [0.25, 0.3) is 0 Å². The van der Waals surface area contributed by atoms with Crippen molar-refractivity contribution in [3.05, 3.63) is 17.8 Å². The highest BCUT2D eigenvalue weighted by atomic mass is 15.3. The Kier molecular flexibility index (Phi) is 3.52. The van der Waals surface area contributed by atoms with Gasteiger partial charge in [0.1, 0.15) is 0 Å². The molecule has 1 aromatic rings. The minimum Gasteiger partial charge on any atom is -0.382 e. The van der Waals surface area contributed by atoms with E-state index in [2.05, 4.69) is 16.5 Å². The zero-order chi connectivity index (χ0) is 9.68. The number of nitrogens with one attached hydrogen (secondary N) is 1. The minimum atomic E-state index is 0.586. The zero-order valence-corrected chi connectivity index (χ0v) is 8.12. The summed E-state index contributed by atoms with van der Waals surface area (Å²) in [7, 11) is 3.80. The number of nitrogen functional groups attached to an aromatic ring is 1. The number of anilines is 1. The normalized spacial score (nSPS) is 11.2. The topological polar surface area (TPSA) is 55.9 Å². The molecule has 0 unspecified atom stereocenters. The number of aromatic nitrogens is 2. The summed E-state index contributed by atoms with van der Waals surface area (Å²) in [5, 5.41) is 7.11. The molecule has 0 saturated carbocycles. The molecule has 1 heterocycles. The van der Waals surface area contributed by atoms with Crippen molar-refractivity contribution in [3.8, 4) is 0 Å². The summed E-state index contributed by atoms with van der Waals surface area (Å²) >= 11 is 0. The smallest absolute Gasteiger partial charge is 0.152 e. The summed E-state index contributed by atoms with van der Waals surface area (Å²) in [6, 6.07) is 0. The summed E-state index contributed by atoms with van der Waals surface area (Å²) in [5.74, 6) is 0.586. The Balaban J connectivity index is 2.53. The predicted molar refractivity (Wildman–Crippen MR) is 55.2 cm³/mol. The summed E-state index contributed by atoms with van der Waals surface area (Å²) in [4.78, 5) is 0. The third kappa shape index (κ3) is 2.91. The molecule has 0 aliphatic carbocycles. The third-order valence-electron chi connectivity index (χ3n) is 1.75. The van der Waals surface area contributed by atoms with E-state index in [9.17, 15) is 0 Å². The lowest BCUT2D eigenvalue weighted by Crippen LogP contribution is -2.05. The molecule has 0 spiro atoms. The average Bonchev–Trinajstić information content (AvgIpc) is 2.39. The molecule has 0 amide bonds. The van der Waals surface area contributed by atoms with Crippen molar-refractivity contribution in [2.45, 2.75) is 6.42 Å². The molecule has 0 radical (unpaired) electrons. The molecule has 0 atom stereocenters. The molecule has 0 bridgehead atoms.